The van der Waals surface area contributed by atoms with Gasteiger partial charge in [0.1, 0.15) is 24.4 Å². The van der Waals surface area contributed by atoms with Gasteiger partial charge in [-0.2, -0.15) is 0 Å². The first-order chi connectivity index (χ1) is 16.9. The van der Waals surface area contributed by atoms with E-state index in [1.165, 1.54) is 20.8 Å². The minimum absolute atomic E-state index is 0.0141. The Balaban J connectivity index is 1.59. The van der Waals surface area contributed by atoms with Gasteiger partial charge in [0.2, 0.25) is 0 Å². The second-order valence-corrected chi connectivity index (χ2v) is 11.6. The van der Waals surface area contributed by atoms with Crippen LogP contribution in [-0.2, 0) is 42.8 Å². The Hall–Kier alpha value is -1.75. The van der Waals surface area contributed by atoms with Crippen LogP contribution in [0.5, 0.6) is 0 Å². The molecule has 10 nitrogen and oxygen atoms in total. The van der Waals surface area contributed by atoms with E-state index >= 15 is 0 Å². The summed E-state index contributed by atoms with van der Waals surface area (Å²) >= 11 is 0. The number of esters is 3. The molecule has 10 heteroatoms. The number of aliphatic hydroxyl groups excluding tert-OH is 1. The largest absolute Gasteiger partial charge is 0.465 e. The van der Waals surface area contributed by atoms with Gasteiger partial charge < -0.3 is 33.5 Å². The van der Waals surface area contributed by atoms with Crippen LogP contribution in [0.2, 0.25) is 0 Å². The molecule has 3 heterocycles. The van der Waals surface area contributed by atoms with E-state index in [0.717, 1.165) is 6.42 Å². The number of epoxide rings is 1. The van der Waals surface area contributed by atoms with E-state index in [4.69, 9.17) is 28.4 Å². The van der Waals surface area contributed by atoms with Gasteiger partial charge in [0.25, 0.3) is 0 Å². The highest BCUT2D eigenvalue weighted by molar-refractivity contribution is 5.67. The van der Waals surface area contributed by atoms with E-state index in [-0.39, 0.29) is 30.5 Å². The van der Waals surface area contributed by atoms with Crippen molar-refractivity contribution in [3.05, 3.63) is 0 Å². The summed E-state index contributed by atoms with van der Waals surface area (Å²) in [4.78, 5) is 36.5. The van der Waals surface area contributed by atoms with Crippen LogP contribution in [0.15, 0.2) is 0 Å². The van der Waals surface area contributed by atoms with Gasteiger partial charge in [-0.05, 0) is 37.5 Å². The number of hydrogen-bond acceptors (Lipinski definition) is 10. The van der Waals surface area contributed by atoms with Gasteiger partial charge in [-0.15, -0.1) is 0 Å². The monoisotopic (exact) mass is 510 g/mol. The molecule has 0 unspecified atom stereocenters. The van der Waals surface area contributed by atoms with Gasteiger partial charge in [-0.25, -0.2) is 0 Å². The summed E-state index contributed by atoms with van der Waals surface area (Å²) in [5.41, 5.74) is -2.26. The molecule has 5 rings (SSSR count). The maximum Gasteiger partial charge on any atom is 0.303 e. The van der Waals surface area contributed by atoms with Crippen molar-refractivity contribution in [2.75, 3.05) is 13.2 Å². The molecule has 0 aromatic heterocycles. The lowest BCUT2D eigenvalue weighted by atomic mass is 9.42. The number of rotatable bonds is 5. The first-order valence-electron chi connectivity index (χ1n) is 13.0. The van der Waals surface area contributed by atoms with Crippen molar-refractivity contribution < 1.29 is 47.9 Å². The third kappa shape index (κ3) is 3.78. The molecule has 0 aromatic carbocycles. The first-order valence-corrected chi connectivity index (χ1v) is 13.0. The fourth-order valence-corrected chi connectivity index (χ4v) is 8.15. The zero-order chi connectivity index (χ0) is 26.0. The van der Waals surface area contributed by atoms with E-state index in [0.29, 0.717) is 32.3 Å². The highest BCUT2D eigenvalue weighted by Crippen LogP contribution is 2.70. The summed E-state index contributed by atoms with van der Waals surface area (Å²) in [5.74, 6) is -1.20. The maximum absolute atomic E-state index is 12.3. The van der Waals surface area contributed by atoms with E-state index in [2.05, 4.69) is 13.8 Å². The summed E-state index contributed by atoms with van der Waals surface area (Å²) in [6.07, 6.45) is 0.456. The van der Waals surface area contributed by atoms with Crippen LogP contribution < -0.4 is 0 Å². The quantitative estimate of drug-likeness (QED) is 0.333. The molecule has 2 aliphatic carbocycles. The van der Waals surface area contributed by atoms with Crippen molar-refractivity contribution in [2.24, 2.45) is 28.6 Å². The Kier molecular flexibility index (Phi) is 6.42. The van der Waals surface area contributed by atoms with Crippen LogP contribution in [0.3, 0.4) is 0 Å². The zero-order valence-corrected chi connectivity index (χ0v) is 21.7. The molecule has 0 aromatic rings. The predicted molar refractivity (Wildman–Crippen MR) is 122 cm³/mol. The average Bonchev–Trinajstić information content (AvgIpc) is 3.36. The molecule has 2 saturated carbocycles. The van der Waals surface area contributed by atoms with Crippen LogP contribution in [0.1, 0.15) is 66.7 Å². The molecule has 0 bridgehead atoms. The lowest BCUT2D eigenvalue weighted by Crippen LogP contribution is -2.72. The minimum atomic E-state index is -0.931. The van der Waals surface area contributed by atoms with Gasteiger partial charge in [0.15, 0.2) is 12.6 Å². The summed E-state index contributed by atoms with van der Waals surface area (Å²) < 4.78 is 35.8. The fraction of sp³-hybridized carbons (Fsp3) is 0.885. The lowest BCUT2D eigenvalue weighted by Gasteiger charge is -2.64. The van der Waals surface area contributed by atoms with Crippen LogP contribution >= 0.6 is 0 Å². The van der Waals surface area contributed by atoms with Crippen LogP contribution in [-0.4, -0.2) is 72.7 Å². The number of aliphatic hydroxyl groups is 1. The van der Waals surface area contributed by atoms with Crippen molar-refractivity contribution >= 4 is 17.9 Å². The van der Waals surface area contributed by atoms with Crippen molar-refractivity contribution in [3.8, 4) is 0 Å². The summed E-state index contributed by atoms with van der Waals surface area (Å²) in [6, 6.07) is 0. The summed E-state index contributed by atoms with van der Waals surface area (Å²) in [5, 5.41) is 9.94. The van der Waals surface area contributed by atoms with E-state index in [1.807, 2.05) is 0 Å². The number of carbonyl (C=O) groups is 3. The highest BCUT2D eigenvalue weighted by Gasteiger charge is 2.80. The molecule has 5 fully saturated rings. The second-order valence-electron chi connectivity index (χ2n) is 11.6. The molecule has 202 valence electrons. The van der Waals surface area contributed by atoms with E-state index < -0.39 is 59.1 Å². The van der Waals surface area contributed by atoms with Gasteiger partial charge in [-0.3, -0.25) is 14.4 Å². The average molecular weight is 511 g/mol. The smallest absolute Gasteiger partial charge is 0.303 e. The van der Waals surface area contributed by atoms with Crippen molar-refractivity contribution in [2.45, 2.75) is 103 Å². The SMILES string of the molecule is CC(=O)OC[C@@]12[C@@H](OC(C)=O)C[C@@H](C)[C@](C)([C@@H]3C[C@H]4C[C@@H](O)O[C@H]4O3)[C@H]1CC[C@H](OC(C)=O)[C@]21CO1. The first kappa shape index (κ1) is 25.9. The number of ether oxygens (including phenoxy) is 6. The summed E-state index contributed by atoms with van der Waals surface area (Å²) in [7, 11) is 0. The van der Waals surface area contributed by atoms with Crippen LogP contribution in [0.4, 0.5) is 0 Å². The van der Waals surface area contributed by atoms with E-state index in [9.17, 15) is 19.5 Å². The number of hydrogen-bond donors (Lipinski definition) is 1. The van der Waals surface area contributed by atoms with Crippen molar-refractivity contribution in [3.63, 3.8) is 0 Å². The standard InChI is InChI=1S/C26H38O10/c1-13-8-21(34-16(4)29)25(11-31-14(2)27)18(6-7-19(33-15(3)28)26(25)12-32-26)24(13,5)20-9-17-10-22(30)36-23(17)35-20/h13,17-23,30H,6-12H2,1-5H3/t13-,17+,18-,19+,20+,21+,22+,23-,24+,25+,26-/m1/s1. The molecule has 3 aliphatic heterocycles. The molecular formula is C26H38O10. The highest BCUT2D eigenvalue weighted by atomic mass is 16.7. The molecule has 1 N–H and O–H groups in total. The Morgan fingerprint density at radius 3 is 2.19 bits per heavy atom. The number of fused-ring (bicyclic) bond motifs is 3. The minimum Gasteiger partial charge on any atom is -0.465 e. The Labute approximate surface area is 211 Å². The summed E-state index contributed by atoms with van der Waals surface area (Å²) in [6.45, 7) is 8.77. The molecule has 11 atom stereocenters. The molecule has 3 saturated heterocycles. The Morgan fingerprint density at radius 2 is 1.61 bits per heavy atom. The maximum atomic E-state index is 12.3. The number of carbonyl (C=O) groups excluding carboxylic acids is 3. The lowest BCUT2D eigenvalue weighted by molar-refractivity contribution is -0.275. The molecular weight excluding hydrogens is 472 g/mol. The van der Waals surface area contributed by atoms with Gasteiger partial charge >= 0.3 is 17.9 Å². The van der Waals surface area contributed by atoms with Crippen LogP contribution in [0, 0.1) is 28.6 Å². The van der Waals surface area contributed by atoms with Crippen LogP contribution in [0.25, 0.3) is 0 Å². The third-order valence-corrected chi connectivity index (χ3v) is 9.88. The molecule has 1 spiro atoms. The normalized spacial score (nSPS) is 49.2. The Bertz CT molecular complexity index is 902. The van der Waals surface area contributed by atoms with E-state index in [1.54, 1.807) is 0 Å². The molecule has 0 radical (unpaired) electrons. The fourth-order valence-electron chi connectivity index (χ4n) is 8.15. The van der Waals surface area contributed by atoms with Gasteiger partial charge in [0.05, 0.1) is 18.1 Å². The van der Waals surface area contributed by atoms with Gasteiger partial charge in [0, 0.05) is 38.5 Å². The van der Waals surface area contributed by atoms with Gasteiger partial charge in [-0.1, -0.05) is 13.8 Å². The van der Waals surface area contributed by atoms with Crippen molar-refractivity contribution in [1.29, 1.82) is 0 Å². The topological polar surface area (TPSA) is 130 Å². The molecule has 0 amide bonds. The second kappa shape index (κ2) is 8.92. The predicted octanol–water partition coefficient (Wildman–Crippen LogP) is 2.09. The molecule has 5 aliphatic rings. The van der Waals surface area contributed by atoms with Crippen molar-refractivity contribution in [1.82, 2.24) is 0 Å². The molecule has 36 heavy (non-hydrogen) atoms. The zero-order valence-electron chi connectivity index (χ0n) is 21.7. The third-order valence-electron chi connectivity index (χ3n) is 9.88. The Morgan fingerprint density at radius 1 is 0.944 bits per heavy atom.